The molecule has 0 heterocycles. The summed E-state index contributed by atoms with van der Waals surface area (Å²) < 4.78 is 33.7. The molecular formula is C25H36N4O5S. The second-order valence-corrected chi connectivity index (χ2v) is 10.7. The number of nitrogens with one attached hydrogen (secondary N) is 1. The van der Waals surface area contributed by atoms with Gasteiger partial charge in [0.25, 0.3) is 0 Å². The highest BCUT2D eigenvalue weighted by atomic mass is 32.2. The molecule has 1 N–H and O–H groups in total. The summed E-state index contributed by atoms with van der Waals surface area (Å²) in [5.74, 6) is -0.163. The lowest BCUT2D eigenvalue weighted by Crippen LogP contribution is -2.54. The predicted octanol–water partition coefficient (Wildman–Crippen LogP) is 2.64. The SMILES string of the molecule is CCC(C(=O)NC(C)C)N(Cc1cccc(OC)c1)C(=O)CN(c1ccccc1)S(=O)(=O)N(C)C. The fourth-order valence-corrected chi connectivity index (χ4v) is 4.63. The standard InChI is InChI=1S/C25H36N4O5S/c1-7-23(25(31)26-19(2)3)28(17-20-12-11-15-22(16-20)34-6)24(30)18-29(35(32,33)27(4)5)21-13-9-8-10-14-21/h8-16,19,23H,7,17-18H2,1-6H3,(H,26,31). The number of carbonyl (C=O) groups excluding carboxylic acids is 2. The molecule has 2 aromatic rings. The number of para-hydroxylation sites is 1. The van der Waals surface area contributed by atoms with Crippen LogP contribution in [0.3, 0.4) is 0 Å². The lowest BCUT2D eigenvalue weighted by Gasteiger charge is -2.34. The number of hydrogen-bond acceptors (Lipinski definition) is 5. The number of amides is 2. The molecule has 0 radical (unpaired) electrons. The van der Waals surface area contributed by atoms with E-state index in [1.54, 1.807) is 55.6 Å². The Morgan fingerprint density at radius 3 is 2.23 bits per heavy atom. The predicted molar refractivity (Wildman–Crippen MR) is 137 cm³/mol. The Labute approximate surface area is 208 Å². The Hall–Kier alpha value is -3.11. The van der Waals surface area contributed by atoms with E-state index in [1.165, 1.54) is 19.0 Å². The molecule has 0 fully saturated rings. The smallest absolute Gasteiger partial charge is 0.304 e. The fraction of sp³-hybridized carbons (Fsp3) is 0.440. The first-order chi connectivity index (χ1) is 16.5. The number of anilines is 1. The summed E-state index contributed by atoms with van der Waals surface area (Å²) in [6.07, 6.45) is 0.361. The molecule has 1 unspecified atom stereocenters. The first-order valence-electron chi connectivity index (χ1n) is 11.5. The van der Waals surface area contributed by atoms with Crippen LogP contribution in [0.1, 0.15) is 32.8 Å². The highest BCUT2D eigenvalue weighted by Crippen LogP contribution is 2.22. The quantitative estimate of drug-likeness (QED) is 0.479. The first-order valence-corrected chi connectivity index (χ1v) is 12.9. The van der Waals surface area contributed by atoms with Crippen molar-refractivity contribution in [3.05, 3.63) is 60.2 Å². The molecule has 192 valence electrons. The van der Waals surface area contributed by atoms with Gasteiger partial charge in [0, 0.05) is 26.7 Å². The van der Waals surface area contributed by atoms with Crippen molar-refractivity contribution in [2.75, 3.05) is 32.1 Å². The van der Waals surface area contributed by atoms with Crippen LogP contribution in [0.15, 0.2) is 54.6 Å². The molecule has 0 aliphatic carbocycles. The van der Waals surface area contributed by atoms with Crippen LogP contribution in [0.2, 0.25) is 0 Å². The molecule has 35 heavy (non-hydrogen) atoms. The summed E-state index contributed by atoms with van der Waals surface area (Å²) in [5, 5.41) is 2.87. The van der Waals surface area contributed by atoms with Crippen molar-refractivity contribution in [2.24, 2.45) is 0 Å². The summed E-state index contributed by atoms with van der Waals surface area (Å²) in [6.45, 7) is 5.17. The Balaban J connectivity index is 2.49. The molecule has 0 bridgehead atoms. The minimum atomic E-state index is -3.98. The number of benzene rings is 2. The second-order valence-electron chi connectivity index (χ2n) is 8.59. The zero-order valence-corrected chi connectivity index (χ0v) is 22.1. The van der Waals surface area contributed by atoms with E-state index in [0.717, 1.165) is 14.2 Å². The van der Waals surface area contributed by atoms with Crippen LogP contribution in [0.4, 0.5) is 5.69 Å². The third kappa shape index (κ3) is 7.43. The lowest BCUT2D eigenvalue weighted by atomic mass is 10.1. The molecule has 0 saturated carbocycles. The van der Waals surface area contributed by atoms with Gasteiger partial charge in [0.05, 0.1) is 12.8 Å². The van der Waals surface area contributed by atoms with Crippen LogP contribution in [0.25, 0.3) is 0 Å². The molecule has 9 nitrogen and oxygen atoms in total. The Morgan fingerprint density at radius 1 is 1.03 bits per heavy atom. The normalized spacial score (nSPS) is 12.3. The third-order valence-corrected chi connectivity index (χ3v) is 7.19. The van der Waals surface area contributed by atoms with E-state index >= 15 is 0 Å². The highest BCUT2D eigenvalue weighted by Gasteiger charge is 2.33. The number of carbonyl (C=O) groups is 2. The van der Waals surface area contributed by atoms with Crippen LogP contribution in [0, 0.1) is 0 Å². The maximum absolute atomic E-state index is 13.7. The van der Waals surface area contributed by atoms with Crippen molar-refractivity contribution in [1.29, 1.82) is 0 Å². The van der Waals surface area contributed by atoms with Gasteiger partial charge in [-0.1, -0.05) is 37.3 Å². The van der Waals surface area contributed by atoms with Gasteiger partial charge in [-0.2, -0.15) is 12.7 Å². The van der Waals surface area contributed by atoms with Gasteiger partial charge in [0.2, 0.25) is 11.8 Å². The van der Waals surface area contributed by atoms with Gasteiger partial charge < -0.3 is 15.0 Å². The molecule has 10 heteroatoms. The maximum Gasteiger partial charge on any atom is 0.304 e. The Kier molecular flexibility index (Phi) is 10.1. The average Bonchev–Trinajstić information content (AvgIpc) is 2.82. The van der Waals surface area contributed by atoms with E-state index in [0.29, 0.717) is 17.9 Å². The van der Waals surface area contributed by atoms with E-state index in [2.05, 4.69) is 5.32 Å². The van der Waals surface area contributed by atoms with Gasteiger partial charge >= 0.3 is 10.2 Å². The second kappa shape index (κ2) is 12.6. The number of methoxy groups -OCH3 is 1. The Morgan fingerprint density at radius 2 is 1.69 bits per heavy atom. The van der Waals surface area contributed by atoms with Crippen molar-refractivity contribution in [2.45, 2.75) is 45.8 Å². The molecule has 0 saturated heterocycles. The van der Waals surface area contributed by atoms with E-state index in [-0.39, 0.29) is 18.5 Å². The molecule has 2 aromatic carbocycles. The number of ether oxygens (including phenoxy) is 1. The average molecular weight is 505 g/mol. The largest absolute Gasteiger partial charge is 0.497 e. The van der Waals surface area contributed by atoms with Gasteiger partial charge in [-0.25, -0.2) is 4.31 Å². The summed E-state index contributed by atoms with van der Waals surface area (Å²) in [7, 11) is 0.398. The van der Waals surface area contributed by atoms with Crippen LogP contribution in [-0.2, 0) is 26.3 Å². The molecular weight excluding hydrogens is 468 g/mol. The molecule has 0 aliphatic rings. The van der Waals surface area contributed by atoms with Crippen LogP contribution < -0.4 is 14.4 Å². The summed E-state index contributed by atoms with van der Waals surface area (Å²) in [6, 6.07) is 14.8. The van der Waals surface area contributed by atoms with Gasteiger partial charge in [0.15, 0.2) is 0 Å². The molecule has 2 rings (SSSR count). The molecule has 2 amide bonds. The number of rotatable bonds is 12. The van der Waals surface area contributed by atoms with Gasteiger partial charge in [-0.15, -0.1) is 0 Å². The van der Waals surface area contributed by atoms with Gasteiger partial charge in [-0.05, 0) is 50.1 Å². The van der Waals surface area contributed by atoms with Crippen molar-refractivity contribution in [1.82, 2.24) is 14.5 Å². The molecule has 1 atom stereocenters. The van der Waals surface area contributed by atoms with Crippen LogP contribution >= 0.6 is 0 Å². The minimum absolute atomic E-state index is 0.111. The van der Waals surface area contributed by atoms with Crippen LogP contribution in [0.5, 0.6) is 5.75 Å². The van der Waals surface area contributed by atoms with Crippen molar-refractivity contribution in [3.8, 4) is 5.75 Å². The van der Waals surface area contributed by atoms with E-state index in [4.69, 9.17) is 4.74 Å². The third-order valence-electron chi connectivity index (χ3n) is 5.37. The van der Waals surface area contributed by atoms with E-state index in [1.807, 2.05) is 26.8 Å². The molecule has 0 aliphatic heterocycles. The minimum Gasteiger partial charge on any atom is -0.497 e. The molecule has 0 spiro atoms. The zero-order chi connectivity index (χ0) is 26.2. The van der Waals surface area contributed by atoms with Crippen molar-refractivity contribution < 1.29 is 22.7 Å². The first kappa shape index (κ1) is 28.1. The van der Waals surface area contributed by atoms with Crippen LogP contribution in [-0.4, -0.2) is 69.3 Å². The van der Waals surface area contributed by atoms with E-state index < -0.39 is 28.7 Å². The number of hydrogen-bond donors (Lipinski definition) is 1. The van der Waals surface area contributed by atoms with Crippen molar-refractivity contribution in [3.63, 3.8) is 0 Å². The summed E-state index contributed by atoms with van der Waals surface area (Å²) in [4.78, 5) is 28.2. The number of nitrogens with zero attached hydrogens (tertiary/aromatic N) is 3. The Bertz CT molecular complexity index is 1090. The van der Waals surface area contributed by atoms with Gasteiger partial charge in [-0.3, -0.25) is 9.59 Å². The molecule has 0 aromatic heterocycles. The summed E-state index contributed by atoms with van der Waals surface area (Å²) in [5.41, 5.74) is 1.12. The fourth-order valence-electron chi connectivity index (χ4n) is 3.58. The van der Waals surface area contributed by atoms with Gasteiger partial charge in [0.1, 0.15) is 18.3 Å². The lowest BCUT2D eigenvalue weighted by molar-refractivity contribution is -0.140. The highest BCUT2D eigenvalue weighted by molar-refractivity contribution is 7.90. The topological polar surface area (TPSA) is 99.3 Å². The maximum atomic E-state index is 13.7. The summed E-state index contributed by atoms with van der Waals surface area (Å²) >= 11 is 0. The van der Waals surface area contributed by atoms with E-state index in [9.17, 15) is 18.0 Å². The van der Waals surface area contributed by atoms with Crippen molar-refractivity contribution >= 4 is 27.7 Å². The monoisotopic (exact) mass is 504 g/mol. The zero-order valence-electron chi connectivity index (χ0n) is 21.3.